The van der Waals surface area contributed by atoms with Crippen molar-refractivity contribution in [3.05, 3.63) is 282 Å². The zero-order chi connectivity index (χ0) is 71.0. The third kappa shape index (κ3) is 26.1. The molecule has 3 fully saturated rings. The number of rotatable bonds is 0. The lowest BCUT2D eigenvalue weighted by Crippen LogP contribution is -2.29. The predicted molar refractivity (Wildman–Crippen MR) is 410 cm³/mol. The molecule has 0 amide bonds. The summed E-state index contributed by atoms with van der Waals surface area (Å²) < 4.78 is 63.0. The van der Waals surface area contributed by atoms with Gasteiger partial charge in [-0.15, -0.1) is 0 Å². The van der Waals surface area contributed by atoms with Gasteiger partial charge in [-0.1, -0.05) is 264 Å². The maximum Gasteiger partial charge on any atom is 0.161 e. The van der Waals surface area contributed by atoms with E-state index < -0.39 is 23.3 Å². The van der Waals surface area contributed by atoms with Crippen molar-refractivity contribution in [1.29, 1.82) is 0 Å². The van der Waals surface area contributed by atoms with Gasteiger partial charge in [0.05, 0.1) is 0 Å². The molecule has 0 spiro atoms. The molecule has 14 rings (SSSR count). The van der Waals surface area contributed by atoms with Crippen molar-refractivity contribution >= 4 is 32.3 Å². The standard InChI is InChI=1S/C16H14.C12H22.C12H16.C12H12.2C8H8F2.C8H9F.C8H16.C8H10/c1-11-3-7-15-13(9-11)5-6-14-10-12(2)4-8-16(14)15;3*1-9-3-5-12-8-10(2)4-6-11(12)7-9;1-5-3-7(9)6(2)8(10)4-5;1-5-3-4-6(2)8(10)7(5)9;1-6-3-4-7(2)8(9)5-6;2*1-7-3-5-8(2)6-4-7/h3-10H,1-2H3;9-12H,3-8H2,1-2H3;3,5,7,10H,4,6,8H2,1-2H3;3-8H,1-2H3;2*3-4H,1-2H3;3-5H,1-2H3;7-8H,3-6H2,1-2H3;3-6H,1-2H3. The molecule has 10 aromatic rings. The molecule has 0 N–H and O–H groups in total. The topological polar surface area (TPSA) is 0 Å². The molecule has 0 bridgehead atoms. The second kappa shape index (κ2) is 38.7. The summed E-state index contributed by atoms with van der Waals surface area (Å²) in [5, 5.41) is 8.03. The zero-order valence-electron chi connectivity index (χ0n) is 62.3. The Kier molecular flexibility index (Phi) is 31.4. The third-order valence-corrected chi connectivity index (χ3v) is 20.0. The summed E-state index contributed by atoms with van der Waals surface area (Å²) >= 11 is 0. The van der Waals surface area contributed by atoms with Gasteiger partial charge in [-0.2, -0.15) is 0 Å². The largest absolute Gasteiger partial charge is 0.207 e. The van der Waals surface area contributed by atoms with Gasteiger partial charge >= 0.3 is 0 Å². The molecule has 5 heteroatoms. The summed E-state index contributed by atoms with van der Waals surface area (Å²) in [5.74, 6) is 4.68. The van der Waals surface area contributed by atoms with E-state index in [1.54, 1.807) is 43.2 Å². The normalized spacial score (nSPS) is 18.9. The van der Waals surface area contributed by atoms with Crippen LogP contribution in [0.5, 0.6) is 0 Å². The van der Waals surface area contributed by atoms with Crippen LogP contribution < -0.4 is 0 Å². The molecule has 3 saturated carbocycles. The first-order valence-corrected chi connectivity index (χ1v) is 36.1. The number of halogens is 5. The number of benzene rings is 10. The summed E-state index contributed by atoms with van der Waals surface area (Å²) in [7, 11) is 0. The molecule has 0 radical (unpaired) electrons. The predicted octanol–water partition coefficient (Wildman–Crippen LogP) is 27.8. The van der Waals surface area contributed by atoms with E-state index in [9.17, 15) is 22.0 Å². The first-order chi connectivity index (χ1) is 46.0. The number of hydrogen-bond acceptors (Lipinski definition) is 0. The van der Waals surface area contributed by atoms with E-state index in [-0.39, 0.29) is 11.4 Å². The monoisotopic (exact) mass is 1310 g/mol. The lowest BCUT2D eigenvalue weighted by atomic mass is 9.65. The molecule has 4 aliphatic rings. The first kappa shape index (κ1) is 78.6. The van der Waals surface area contributed by atoms with Crippen LogP contribution in [0.15, 0.2) is 170 Å². The Balaban J connectivity index is 0.000000174. The lowest BCUT2D eigenvalue weighted by molar-refractivity contribution is 0.109. The summed E-state index contributed by atoms with van der Waals surface area (Å²) in [6, 6.07) is 57.2. The molecule has 0 heterocycles. The van der Waals surface area contributed by atoms with Crippen molar-refractivity contribution in [1.82, 2.24) is 0 Å². The van der Waals surface area contributed by atoms with Crippen LogP contribution in [0.4, 0.5) is 22.0 Å². The molecule has 10 aromatic carbocycles. The van der Waals surface area contributed by atoms with Gasteiger partial charge in [0.1, 0.15) is 17.5 Å². The highest BCUT2D eigenvalue weighted by Crippen LogP contribution is 2.44. The van der Waals surface area contributed by atoms with Crippen molar-refractivity contribution in [3.8, 4) is 0 Å². The van der Waals surface area contributed by atoms with Crippen LogP contribution in [-0.2, 0) is 12.8 Å². The van der Waals surface area contributed by atoms with Crippen LogP contribution in [0, 0.1) is 161 Å². The molecule has 0 nitrogen and oxygen atoms in total. The minimum Gasteiger partial charge on any atom is -0.207 e. The molecule has 518 valence electrons. The van der Waals surface area contributed by atoms with Crippen LogP contribution >= 0.6 is 0 Å². The van der Waals surface area contributed by atoms with E-state index >= 15 is 0 Å². The molecule has 5 unspecified atom stereocenters. The highest BCUT2D eigenvalue weighted by molar-refractivity contribution is 6.07. The van der Waals surface area contributed by atoms with Crippen molar-refractivity contribution in [2.45, 2.75) is 208 Å². The molecule has 0 aromatic heterocycles. The van der Waals surface area contributed by atoms with E-state index in [2.05, 4.69) is 210 Å². The number of hydrogen-bond donors (Lipinski definition) is 0. The highest BCUT2D eigenvalue weighted by Gasteiger charge is 2.32. The summed E-state index contributed by atoms with van der Waals surface area (Å²) in [4.78, 5) is 0. The molecule has 0 saturated heterocycles. The summed E-state index contributed by atoms with van der Waals surface area (Å²) in [5.41, 5.74) is 15.6. The third-order valence-electron chi connectivity index (χ3n) is 20.0. The fourth-order valence-corrected chi connectivity index (χ4v) is 13.5. The molecule has 5 atom stereocenters. The van der Waals surface area contributed by atoms with Gasteiger partial charge in [0, 0.05) is 5.56 Å². The minimum atomic E-state index is -0.736. The minimum absolute atomic E-state index is 0.0885. The summed E-state index contributed by atoms with van der Waals surface area (Å²) in [6.45, 7) is 36.7. The average Bonchev–Trinajstić information content (AvgIpc) is 2.63. The Morgan fingerprint density at radius 3 is 1.01 bits per heavy atom. The summed E-state index contributed by atoms with van der Waals surface area (Å²) in [6.07, 6.45) is 19.0. The Morgan fingerprint density at radius 2 is 0.588 bits per heavy atom. The second-order valence-electron chi connectivity index (χ2n) is 29.8. The number of fused-ring (bicyclic) bond motifs is 6. The Morgan fingerprint density at radius 1 is 0.258 bits per heavy atom. The average molecular weight is 1320 g/mol. The zero-order valence-corrected chi connectivity index (χ0v) is 62.3. The van der Waals surface area contributed by atoms with E-state index in [1.165, 1.54) is 194 Å². The van der Waals surface area contributed by atoms with Crippen LogP contribution in [0.2, 0.25) is 0 Å². The van der Waals surface area contributed by atoms with Crippen LogP contribution in [-0.4, -0.2) is 0 Å². The fourth-order valence-electron chi connectivity index (χ4n) is 13.5. The van der Waals surface area contributed by atoms with Gasteiger partial charge in [-0.25, -0.2) is 22.0 Å². The maximum atomic E-state index is 12.6. The Bertz CT molecular complexity index is 3870. The van der Waals surface area contributed by atoms with Crippen LogP contribution in [0.1, 0.15) is 189 Å². The van der Waals surface area contributed by atoms with E-state index in [0.717, 1.165) is 47.0 Å². The van der Waals surface area contributed by atoms with Crippen molar-refractivity contribution < 1.29 is 22.0 Å². The molecular weight excluding hydrogens is 1200 g/mol. The Labute approximate surface area is 583 Å². The van der Waals surface area contributed by atoms with Crippen LogP contribution in [0.3, 0.4) is 0 Å². The lowest BCUT2D eigenvalue weighted by Gasteiger charge is -2.40. The van der Waals surface area contributed by atoms with Crippen molar-refractivity contribution in [2.24, 2.45) is 41.4 Å². The Hall–Kier alpha value is -7.37. The van der Waals surface area contributed by atoms with Crippen molar-refractivity contribution in [3.63, 3.8) is 0 Å². The quantitative estimate of drug-likeness (QED) is 0.105. The molecule has 97 heavy (non-hydrogen) atoms. The molecular formula is C92H115F5. The second-order valence-corrected chi connectivity index (χ2v) is 29.8. The SMILES string of the molecule is CC1CCC(C)CC1.CC1CCC2CC(C)CCC2C1.Cc1cc(F)c(C)c(F)c1.Cc1ccc(C)c(F)c1.Cc1ccc(C)c(F)c1F.Cc1ccc(C)cc1.Cc1ccc2c(c1)CCC(C)C2.Cc1ccc2c(ccc3cc(C)ccc32)c1.Cc1ccc2cc(C)ccc2c1. The highest BCUT2D eigenvalue weighted by atomic mass is 19.2. The van der Waals surface area contributed by atoms with Gasteiger partial charge < -0.3 is 0 Å². The van der Waals surface area contributed by atoms with Gasteiger partial charge in [0.2, 0.25) is 0 Å². The number of aryl methyl sites for hydroxylation is 13. The smallest absolute Gasteiger partial charge is 0.161 e. The van der Waals surface area contributed by atoms with Gasteiger partial charge in [0.15, 0.2) is 11.6 Å². The van der Waals surface area contributed by atoms with E-state index in [1.807, 2.05) is 13.0 Å². The van der Waals surface area contributed by atoms with Gasteiger partial charge in [-0.3, -0.25) is 0 Å². The van der Waals surface area contributed by atoms with Crippen LogP contribution in [0.25, 0.3) is 32.3 Å². The van der Waals surface area contributed by atoms with Gasteiger partial charge in [0.25, 0.3) is 0 Å². The van der Waals surface area contributed by atoms with Crippen molar-refractivity contribution in [2.75, 3.05) is 0 Å². The first-order valence-electron chi connectivity index (χ1n) is 36.1. The molecule has 0 aliphatic heterocycles. The molecule has 4 aliphatic carbocycles. The van der Waals surface area contributed by atoms with E-state index in [0.29, 0.717) is 22.3 Å². The van der Waals surface area contributed by atoms with Gasteiger partial charge in [-0.05, 0) is 266 Å². The van der Waals surface area contributed by atoms with E-state index in [4.69, 9.17) is 0 Å². The fraction of sp³-hybridized carbons (Fsp3) is 0.413. The maximum absolute atomic E-state index is 12.6.